The monoisotopic (exact) mass is 383 g/mol. The molecule has 2 aromatic carbocycles. The van der Waals surface area contributed by atoms with Crippen molar-refractivity contribution in [3.8, 4) is 0 Å². The molecule has 0 atom stereocenters. The van der Waals surface area contributed by atoms with E-state index in [1.165, 1.54) is 23.9 Å². The lowest BCUT2D eigenvalue weighted by Gasteiger charge is -2.10. The van der Waals surface area contributed by atoms with Crippen LogP contribution in [0.2, 0.25) is 5.02 Å². The van der Waals surface area contributed by atoms with Crippen molar-refractivity contribution in [1.82, 2.24) is 5.32 Å². The summed E-state index contributed by atoms with van der Waals surface area (Å²) >= 11 is 8.03. The number of amides is 1. The molecule has 24 heavy (non-hydrogen) atoms. The molecule has 0 spiro atoms. The topological polar surface area (TPSA) is 81.1 Å². The molecule has 4 nitrogen and oxygen atoms in total. The first-order chi connectivity index (χ1) is 11.5. The van der Waals surface area contributed by atoms with Gasteiger partial charge in [-0.15, -0.1) is 0 Å². The van der Waals surface area contributed by atoms with E-state index >= 15 is 0 Å². The minimum absolute atomic E-state index is 0.0320. The van der Waals surface area contributed by atoms with E-state index in [1.54, 1.807) is 24.3 Å². The van der Waals surface area contributed by atoms with Crippen molar-refractivity contribution >= 4 is 41.2 Å². The van der Waals surface area contributed by atoms with Crippen LogP contribution in [0.1, 0.15) is 5.56 Å². The number of hydrogen-bond acceptors (Lipinski definition) is 5. The summed E-state index contributed by atoms with van der Waals surface area (Å²) in [6.07, 6.45) is 0. The lowest BCUT2D eigenvalue weighted by molar-refractivity contribution is -0.117. The largest absolute Gasteiger partial charge is 0.393 e. The first kappa shape index (κ1) is 18.7. The molecule has 0 fully saturated rings. The summed E-state index contributed by atoms with van der Waals surface area (Å²) in [5.74, 6) is -0.764. The molecule has 0 saturated heterocycles. The number of carbonyl (C=O) groups excluding carboxylic acids is 1. The predicted octanol–water partition coefficient (Wildman–Crippen LogP) is 3.62. The van der Waals surface area contributed by atoms with Gasteiger partial charge < -0.3 is 11.1 Å². The van der Waals surface area contributed by atoms with Crippen LogP contribution in [0.5, 0.6) is 0 Å². The summed E-state index contributed by atoms with van der Waals surface area (Å²) in [5, 5.41) is 8.92. The van der Waals surface area contributed by atoms with Crippen LogP contribution >= 0.6 is 35.3 Å². The zero-order valence-corrected chi connectivity index (χ0v) is 14.9. The minimum atomic E-state index is -0.436. The average molecular weight is 384 g/mol. The lowest BCUT2D eigenvalue weighted by atomic mass is 10.2. The molecular weight excluding hydrogens is 369 g/mol. The minimum Gasteiger partial charge on any atom is -0.393 e. The second kappa shape index (κ2) is 8.98. The van der Waals surface area contributed by atoms with Gasteiger partial charge in [-0.25, -0.2) is 4.39 Å². The number of nitrogens with one attached hydrogen (secondary N) is 1. The fourth-order valence-electron chi connectivity index (χ4n) is 1.72. The molecule has 2 rings (SSSR count). The second-order valence-electron chi connectivity index (χ2n) is 4.68. The highest BCUT2D eigenvalue weighted by atomic mass is 35.5. The lowest BCUT2D eigenvalue weighted by Crippen LogP contribution is -2.29. The van der Waals surface area contributed by atoms with E-state index in [1.807, 2.05) is 12.1 Å². The molecule has 5 N–H and O–H groups in total. The van der Waals surface area contributed by atoms with E-state index in [2.05, 4.69) is 5.32 Å². The van der Waals surface area contributed by atoms with Crippen molar-refractivity contribution < 1.29 is 9.18 Å². The number of nitrogens with two attached hydrogens (primary N) is 2. The molecule has 0 aromatic heterocycles. The number of benzene rings is 2. The van der Waals surface area contributed by atoms with Gasteiger partial charge in [0.1, 0.15) is 11.5 Å². The number of halogens is 2. The zero-order valence-electron chi connectivity index (χ0n) is 12.5. The Balaban J connectivity index is 2.02. The van der Waals surface area contributed by atoms with Gasteiger partial charge in [0.05, 0.1) is 4.24 Å². The Morgan fingerprint density at radius 1 is 1.12 bits per heavy atom. The first-order valence-corrected chi connectivity index (χ1v) is 8.89. The van der Waals surface area contributed by atoms with Crippen LogP contribution in [0.25, 0.3) is 0 Å². The normalized spacial score (nSPS) is 11.8. The number of rotatable bonds is 6. The van der Waals surface area contributed by atoms with Gasteiger partial charge >= 0.3 is 0 Å². The fourth-order valence-corrected chi connectivity index (χ4v) is 3.24. The van der Waals surface area contributed by atoms with Crippen molar-refractivity contribution in [2.45, 2.75) is 11.4 Å². The molecule has 2 aromatic rings. The predicted molar refractivity (Wildman–Crippen MR) is 98.5 cm³/mol. The smallest absolute Gasteiger partial charge is 0.269 e. The summed E-state index contributed by atoms with van der Waals surface area (Å²) in [6, 6.07) is 13.0. The third-order valence-corrected chi connectivity index (χ3v) is 5.10. The molecule has 0 aliphatic rings. The Kier molecular flexibility index (Phi) is 6.99. The highest BCUT2D eigenvalue weighted by Crippen LogP contribution is 2.34. The molecular formula is C16H15ClFN3OS2. The highest BCUT2D eigenvalue weighted by molar-refractivity contribution is 8.21. The van der Waals surface area contributed by atoms with Crippen molar-refractivity contribution in [2.24, 2.45) is 10.9 Å². The van der Waals surface area contributed by atoms with Gasteiger partial charge in [0, 0.05) is 16.5 Å². The SMILES string of the molecule is NS/C(Sc1ccc(Cl)cc1)=C(\N)C(=O)NCc1ccc(F)cc1. The van der Waals surface area contributed by atoms with Gasteiger partial charge in [-0.2, -0.15) is 0 Å². The summed E-state index contributed by atoms with van der Waals surface area (Å²) in [7, 11) is 0. The first-order valence-electron chi connectivity index (χ1n) is 6.82. The number of carbonyl (C=O) groups is 1. The van der Waals surface area contributed by atoms with Crippen LogP contribution in [0.15, 0.2) is 63.4 Å². The van der Waals surface area contributed by atoms with Crippen LogP contribution in [0.3, 0.4) is 0 Å². The third-order valence-electron chi connectivity index (χ3n) is 2.96. The van der Waals surface area contributed by atoms with E-state index in [4.69, 9.17) is 22.5 Å². The van der Waals surface area contributed by atoms with E-state index in [0.717, 1.165) is 22.4 Å². The summed E-state index contributed by atoms with van der Waals surface area (Å²) in [5.41, 5.74) is 6.70. The Labute approximate surface area is 153 Å². The third kappa shape index (κ3) is 5.45. The highest BCUT2D eigenvalue weighted by Gasteiger charge is 2.13. The van der Waals surface area contributed by atoms with Crippen molar-refractivity contribution in [3.05, 3.63) is 74.9 Å². The quantitative estimate of drug-likeness (QED) is 0.403. The summed E-state index contributed by atoms with van der Waals surface area (Å²) in [6.45, 7) is 0.244. The van der Waals surface area contributed by atoms with Crippen LogP contribution in [-0.2, 0) is 11.3 Å². The summed E-state index contributed by atoms with van der Waals surface area (Å²) < 4.78 is 13.3. The Hall–Kier alpha value is -1.67. The molecule has 0 bridgehead atoms. The van der Waals surface area contributed by atoms with E-state index in [-0.39, 0.29) is 18.1 Å². The maximum absolute atomic E-state index is 12.9. The van der Waals surface area contributed by atoms with Crippen LogP contribution < -0.4 is 16.2 Å². The van der Waals surface area contributed by atoms with Crippen molar-refractivity contribution in [1.29, 1.82) is 0 Å². The molecule has 0 aliphatic heterocycles. The van der Waals surface area contributed by atoms with Gasteiger partial charge in [0.25, 0.3) is 5.91 Å². The molecule has 8 heteroatoms. The molecule has 0 saturated carbocycles. The second-order valence-corrected chi connectivity index (χ2v) is 7.11. The Morgan fingerprint density at radius 3 is 2.33 bits per heavy atom. The summed E-state index contributed by atoms with van der Waals surface area (Å²) in [4.78, 5) is 13.0. The van der Waals surface area contributed by atoms with Crippen LogP contribution in [-0.4, -0.2) is 5.91 Å². The molecule has 0 radical (unpaired) electrons. The maximum Gasteiger partial charge on any atom is 0.269 e. The molecule has 1 amide bonds. The van der Waals surface area contributed by atoms with Gasteiger partial charge in [0.2, 0.25) is 0 Å². The fraction of sp³-hybridized carbons (Fsp3) is 0.0625. The number of thioether (sulfide) groups is 1. The number of hydrogen-bond donors (Lipinski definition) is 3. The Morgan fingerprint density at radius 2 is 1.75 bits per heavy atom. The van der Waals surface area contributed by atoms with Gasteiger partial charge in [-0.3, -0.25) is 9.93 Å². The molecule has 0 unspecified atom stereocenters. The van der Waals surface area contributed by atoms with Gasteiger partial charge in [0.15, 0.2) is 0 Å². The van der Waals surface area contributed by atoms with Crippen LogP contribution in [0.4, 0.5) is 4.39 Å². The Bertz CT molecular complexity index is 736. The van der Waals surface area contributed by atoms with E-state index < -0.39 is 5.91 Å². The van der Waals surface area contributed by atoms with E-state index in [0.29, 0.717) is 9.26 Å². The average Bonchev–Trinajstić information content (AvgIpc) is 2.60. The van der Waals surface area contributed by atoms with Gasteiger partial charge in [-0.05, 0) is 53.9 Å². The zero-order chi connectivity index (χ0) is 17.5. The molecule has 0 heterocycles. The van der Waals surface area contributed by atoms with Crippen molar-refractivity contribution in [3.63, 3.8) is 0 Å². The van der Waals surface area contributed by atoms with Crippen molar-refractivity contribution in [2.75, 3.05) is 0 Å². The molecule has 0 aliphatic carbocycles. The standard InChI is InChI=1S/C16H15ClFN3OS2/c17-11-3-7-13(8-4-11)23-16(24-20)14(19)15(22)21-9-10-1-5-12(18)6-2-10/h1-8H,9,19-20H2,(H,21,22)/b16-14-. The van der Waals surface area contributed by atoms with Gasteiger partial charge in [-0.1, -0.05) is 35.5 Å². The van der Waals surface area contributed by atoms with E-state index in [9.17, 15) is 9.18 Å². The molecule has 126 valence electrons. The maximum atomic E-state index is 12.9. The van der Waals surface area contributed by atoms with Crippen LogP contribution in [0, 0.1) is 5.82 Å².